The van der Waals surface area contributed by atoms with Crippen LogP contribution in [0.2, 0.25) is 5.02 Å². The molecular formula is C18H19ClF3N3O5S. The molecule has 2 aromatic rings. The number of aliphatic hydroxyl groups excluding tert-OH is 1. The summed E-state index contributed by atoms with van der Waals surface area (Å²) in [4.78, 5) is 11.5. The number of nitrogens with one attached hydrogen (secondary N) is 3. The van der Waals surface area contributed by atoms with Gasteiger partial charge in [0, 0.05) is 17.9 Å². The van der Waals surface area contributed by atoms with E-state index in [0.29, 0.717) is 12.2 Å². The molecule has 8 nitrogen and oxygen atoms in total. The van der Waals surface area contributed by atoms with E-state index in [4.69, 9.17) is 16.7 Å². The third-order valence-corrected chi connectivity index (χ3v) is 5.76. The van der Waals surface area contributed by atoms with Gasteiger partial charge in [-0.2, -0.15) is 13.2 Å². The highest BCUT2D eigenvalue weighted by Crippen LogP contribution is 2.33. The quantitative estimate of drug-likeness (QED) is 0.394. The smallest absolute Gasteiger partial charge is 0.395 e. The van der Waals surface area contributed by atoms with Crippen LogP contribution in [0.5, 0.6) is 0 Å². The average molecular weight is 482 g/mol. The summed E-state index contributed by atoms with van der Waals surface area (Å²) >= 11 is 5.92. The fraction of sp³-hybridized carbons (Fsp3) is 0.278. The van der Waals surface area contributed by atoms with Crippen molar-refractivity contribution < 1.29 is 36.6 Å². The Labute approximate surface area is 181 Å². The maximum Gasteiger partial charge on any atom is 0.426 e. The van der Waals surface area contributed by atoms with E-state index >= 15 is 0 Å². The third kappa shape index (κ3) is 6.00. The Morgan fingerprint density at radius 2 is 1.68 bits per heavy atom. The first kappa shape index (κ1) is 24.7. The van der Waals surface area contributed by atoms with Gasteiger partial charge in [-0.05, 0) is 49.4 Å². The van der Waals surface area contributed by atoms with Gasteiger partial charge in [0.05, 0.1) is 22.2 Å². The molecule has 0 aliphatic rings. The van der Waals surface area contributed by atoms with Gasteiger partial charge in [0.25, 0.3) is 15.9 Å². The van der Waals surface area contributed by atoms with E-state index in [1.54, 1.807) is 12.1 Å². The number of anilines is 3. The second-order valence-corrected chi connectivity index (χ2v) is 8.59. The summed E-state index contributed by atoms with van der Waals surface area (Å²) in [6.07, 6.45) is -5.22. The maximum absolute atomic E-state index is 12.8. The number of hydrogen-bond donors (Lipinski definition) is 5. The molecule has 1 amide bonds. The molecule has 0 spiro atoms. The van der Waals surface area contributed by atoms with Crippen molar-refractivity contribution in [3.8, 4) is 0 Å². The number of benzene rings is 2. The molecule has 0 unspecified atom stereocenters. The molecule has 1 atom stereocenters. The Balaban J connectivity index is 2.17. The minimum absolute atomic E-state index is 0.0701. The Morgan fingerprint density at radius 1 is 1.10 bits per heavy atom. The number of amides is 1. The molecule has 0 aliphatic heterocycles. The van der Waals surface area contributed by atoms with Gasteiger partial charge in [0.1, 0.15) is 0 Å². The third-order valence-electron chi connectivity index (χ3n) is 4.07. The first-order chi connectivity index (χ1) is 14.3. The molecule has 13 heteroatoms. The molecule has 0 fully saturated rings. The fourth-order valence-corrected chi connectivity index (χ4v) is 3.58. The largest absolute Gasteiger partial charge is 0.426 e. The molecular weight excluding hydrogens is 463 g/mol. The number of alkyl halides is 3. The molecule has 2 aromatic carbocycles. The van der Waals surface area contributed by atoms with Crippen molar-refractivity contribution in [2.45, 2.75) is 23.6 Å². The van der Waals surface area contributed by atoms with Gasteiger partial charge in [-0.3, -0.25) is 9.52 Å². The zero-order chi connectivity index (χ0) is 23.4. The molecule has 0 aliphatic carbocycles. The van der Waals surface area contributed by atoms with E-state index < -0.39 is 27.7 Å². The van der Waals surface area contributed by atoms with Gasteiger partial charge in [-0.1, -0.05) is 11.6 Å². The van der Waals surface area contributed by atoms with Gasteiger partial charge in [0.2, 0.25) is 5.60 Å². The van der Waals surface area contributed by atoms with E-state index in [1.807, 2.05) is 5.32 Å². The number of aliphatic hydroxyl groups is 2. The normalized spacial score (nSPS) is 13.9. The molecule has 0 heterocycles. The van der Waals surface area contributed by atoms with Crippen LogP contribution in [-0.4, -0.2) is 49.5 Å². The van der Waals surface area contributed by atoms with Gasteiger partial charge in [0.15, 0.2) is 0 Å². The van der Waals surface area contributed by atoms with Gasteiger partial charge in [-0.15, -0.1) is 0 Å². The molecule has 170 valence electrons. The molecule has 0 saturated heterocycles. The second kappa shape index (κ2) is 9.30. The molecule has 0 aromatic heterocycles. The zero-order valence-electron chi connectivity index (χ0n) is 16.0. The fourth-order valence-electron chi connectivity index (χ4n) is 2.21. The van der Waals surface area contributed by atoms with Crippen molar-refractivity contribution in [1.82, 2.24) is 0 Å². The predicted molar refractivity (Wildman–Crippen MR) is 110 cm³/mol. The second-order valence-electron chi connectivity index (χ2n) is 6.50. The number of carbonyl (C=O) groups is 1. The Bertz CT molecular complexity index is 1040. The van der Waals surface area contributed by atoms with Crippen LogP contribution in [0.1, 0.15) is 6.92 Å². The van der Waals surface area contributed by atoms with Crippen molar-refractivity contribution in [3.63, 3.8) is 0 Å². The average Bonchev–Trinajstić information content (AvgIpc) is 2.67. The molecule has 0 bridgehead atoms. The van der Waals surface area contributed by atoms with Crippen molar-refractivity contribution in [2.24, 2.45) is 0 Å². The Morgan fingerprint density at radius 3 is 2.19 bits per heavy atom. The zero-order valence-corrected chi connectivity index (χ0v) is 17.6. The lowest BCUT2D eigenvalue weighted by Gasteiger charge is -2.25. The van der Waals surface area contributed by atoms with Crippen LogP contribution in [0.25, 0.3) is 0 Å². The molecule has 0 saturated carbocycles. The molecule has 31 heavy (non-hydrogen) atoms. The maximum atomic E-state index is 12.8. The lowest BCUT2D eigenvalue weighted by molar-refractivity contribution is -0.242. The highest BCUT2D eigenvalue weighted by Gasteiger charge is 2.55. The highest BCUT2D eigenvalue weighted by molar-refractivity contribution is 7.92. The minimum Gasteiger partial charge on any atom is -0.395 e. The van der Waals surface area contributed by atoms with E-state index in [2.05, 4.69) is 10.0 Å². The molecule has 5 N–H and O–H groups in total. The van der Waals surface area contributed by atoms with Crippen LogP contribution in [0, 0.1) is 0 Å². The summed E-state index contributed by atoms with van der Waals surface area (Å²) in [5, 5.41) is 22.5. The van der Waals surface area contributed by atoms with Crippen LogP contribution in [0.4, 0.5) is 30.2 Å². The first-order valence-corrected chi connectivity index (χ1v) is 10.5. The van der Waals surface area contributed by atoms with Gasteiger partial charge < -0.3 is 20.8 Å². The number of carbonyl (C=O) groups excluding carboxylic acids is 1. The number of halogens is 4. The standard InChI is InChI=1S/C18H19ClF3N3O5S/c1-17(28,18(20,21)22)16(27)24-15-7-6-13(10-14(15)19)31(29,30)25-12-4-2-11(3-5-12)23-8-9-26/h2-7,10,23,25-26,28H,8-9H2,1H3,(H,24,27)/t17-/m1/s1. The lowest BCUT2D eigenvalue weighted by atomic mass is 10.1. The summed E-state index contributed by atoms with van der Waals surface area (Å²) in [6.45, 7) is 0.536. The SMILES string of the molecule is C[C@@](O)(C(=O)Nc1ccc(S(=O)(=O)Nc2ccc(NCCO)cc2)cc1Cl)C(F)(F)F. The van der Waals surface area contributed by atoms with Gasteiger partial charge in [-0.25, -0.2) is 8.42 Å². The Hall–Kier alpha value is -2.54. The summed E-state index contributed by atoms with van der Waals surface area (Å²) in [6, 6.07) is 9.11. The summed E-state index contributed by atoms with van der Waals surface area (Å²) < 4.78 is 65.7. The summed E-state index contributed by atoms with van der Waals surface area (Å²) in [5.74, 6) is -1.77. The predicted octanol–water partition coefficient (Wildman–Crippen LogP) is 2.80. The van der Waals surface area contributed by atoms with Crippen molar-refractivity contribution in [1.29, 1.82) is 0 Å². The number of sulfonamides is 1. The van der Waals surface area contributed by atoms with E-state index in [1.165, 1.54) is 12.1 Å². The monoisotopic (exact) mass is 481 g/mol. The van der Waals surface area contributed by atoms with E-state index in [0.717, 1.165) is 18.2 Å². The van der Waals surface area contributed by atoms with Crippen molar-refractivity contribution in [2.75, 3.05) is 28.5 Å². The highest BCUT2D eigenvalue weighted by atomic mass is 35.5. The number of rotatable bonds is 8. The summed E-state index contributed by atoms with van der Waals surface area (Å²) in [5.41, 5.74) is -3.09. The van der Waals surface area contributed by atoms with E-state index in [9.17, 15) is 31.5 Å². The van der Waals surface area contributed by atoms with Crippen molar-refractivity contribution in [3.05, 3.63) is 47.5 Å². The van der Waals surface area contributed by atoms with E-state index in [-0.39, 0.29) is 34.8 Å². The van der Waals surface area contributed by atoms with Crippen molar-refractivity contribution >= 4 is 44.6 Å². The lowest BCUT2D eigenvalue weighted by Crippen LogP contribution is -2.52. The number of hydrogen-bond acceptors (Lipinski definition) is 6. The van der Waals surface area contributed by atoms with Crippen LogP contribution in [0.15, 0.2) is 47.4 Å². The van der Waals surface area contributed by atoms with Crippen LogP contribution in [-0.2, 0) is 14.8 Å². The van der Waals surface area contributed by atoms with Crippen LogP contribution < -0.4 is 15.4 Å². The van der Waals surface area contributed by atoms with Gasteiger partial charge >= 0.3 is 6.18 Å². The minimum atomic E-state index is -5.22. The molecule has 0 radical (unpaired) electrons. The first-order valence-electron chi connectivity index (χ1n) is 8.65. The van der Waals surface area contributed by atoms with Crippen LogP contribution >= 0.6 is 11.6 Å². The molecule has 2 rings (SSSR count). The van der Waals surface area contributed by atoms with Crippen LogP contribution in [0.3, 0.4) is 0 Å². The topological polar surface area (TPSA) is 128 Å². The Kier molecular flexibility index (Phi) is 7.42. The summed E-state index contributed by atoms with van der Waals surface area (Å²) in [7, 11) is -4.10.